The van der Waals surface area contributed by atoms with Crippen LogP contribution in [-0.4, -0.2) is 145 Å². The zero-order valence-electron chi connectivity index (χ0n) is 43.1. The highest BCUT2D eigenvalue weighted by Gasteiger charge is 2.53. The number of rotatable bonds is 10. The molecule has 2 saturated heterocycles. The molecule has 15 atom stereocenters. The van der Waals surface area contributed by atoms with Gasteiger partial charge in [-0.05, 0) is 113 Å². The molecule has 1 amide bonds. The highest BCUT2D eigenvalue weighted by atomic mass is 16.6. The molecule has 3 fully saturated rings. The average molecular weight is 972 g/mol. The minimum atomic E-state index is -2.43. The van der Waals surface area contributed by atoms with Crippen LogP contribution in [-0.2, 0) is 52.4 Å². The van der Waals surface area contributed by atoms with Gasteiger partial charge in [0.25, 0.3) is 11.7 Å². The van der Waals surface area contributed by atoms with E-state index in [4.69, 9.17) is 28.4 Å². The lowest BCUT2D eigenvalue weighted by Crippen LogP contribution is -2.61. The molecule has 0 aromatic carbocycles. The second-order valence-electron chi connectivity index (χ2n) is 20.5. The van der Waals surface area contributed by atoms with Crippen molar-refractivity contribution in [1.82, 2.24) is 4.90 Å². The van der Waals surface area contributed by atoms with Crippen LogP contribution in [0.25, 0.3) is 0 Å². The first-order chi connectivity index (χ1) is 32.8. The van der Waals surface area contributed by atoms with Gasteiger partial charge in [0.15, 0.2) is 5.78 Å². The van der Waals surface area contributed by atoms with Gasteiger partial charge in [0, 0.05) is 71.7 Å². The molecule has 4 aliphatic rings. The number of carbonyl (C=O) groups is 5. The molecule has 3 heterocycles. The highest BCUT2D eigenvalue weighted by Crippen LogP contribution is 2.38. The molecule has 4 rings (SSSR count). The first-order valence-corrected chi connectivity index (χ1v) is 25.5. The highest BCUT2D eigenvalue weighted by molar-refractivity contribution is 6.39. The Hall–Kier alpha value is -3.41. The van der Waals surface area contributed by atoms with Gasteiger partial charge in [0.2, 0.25) is 5.79 Å². The van der Waals surface area contributed by atoms with Crippen molar-refractivity contribution >= 4 is 29.2 Å². The summed E-state index contributed by atoms with van der Waals surface area (Å²) in [5.74, 6) is -7.92. The number of cyclic esters (lactones) is 1. The van der Waals surface area contributed by atoms with E-state index in [0.29, 0.717) is 70.0 Å². The number of allylic oxidation sites excluding steroid dienone is 6. The van der Waals surface area contributed by atoms with Crippen molar-refractivity contribution < 1.29 is 67.7 Å². The molecule has 1 aliphatic carbocycles. The predicted octanol–water partition coefficient (Wildman–Crippen LogP) is 6.59. The summed E-state index contributed by atoms with van der Waals surface area (Å²) in [5.41, 5.74) is 1.27. The van der Waals surface area contributed by atoms with Gasteiger partial charge in [-0.2, -0.15) is 0 Å². The fraction of sp³-hybridized carbons (Fsp3) is 0.759. The minimum absolute atomic E-state index is 0.0163. The fourth-order valence-electron chi connectivity index (χ4n) is 10.6. The van der Waals surface area contributed by atoms with Crippen LogP contribution in [0.3, 0.4) is 0 Å². The Morgan fingerprint density at radius 2 is 1.59 bits per heavy atom. The van der Waals surface area contributed by atoms with E-state index in [1.54, 1.807) is 41.1 Å². The summed E-state index contributed by atoms with van der Waals surface area (Å²) in [6, 6.07) is -1.14. The summed E-state index contributed by atoms with van der Waals surface area (Å²) in [4.78, 5) is 72.2. The van der Waals surface area contributed by atoms with Crippen molar-refractivity contribution in [2.75, 3.05) is 41.1 Å². The lowest BCUT2D eigenvalue weighted by Gasteiger charge is -2.42. The van der Waals surface area contributed by atoms with Crippen molar-refractivity contribution in [3.63, 3.8) is 0 Å². The van der Waals surface area contributed by atoms with Crippen LogP contribution in [0.4, 0.5) is 0 Å². The smallest absolute Gasteiger partial charge is 0.329 e. The molecule has 69 heavy (non-hydrogen) atoms. The molecule has 15 heteroatoms. The van der Waals surface area contributed by atoms with Crippen molar-refractivity contribution in [1.29, 1.82) is 0 Å². The first kappa shape index (κ1) is 58.2. The lowest BCUT2D eigenvalue weighted by atomic mass is 9.78. The zero-order valence-corrected chi connectivity index (χ0v) is 43.1. The quantitative estimate of drug-likeness (QED) is 0.0916. The molecule has 0 spiro atoms. The number of ether oxygens (including phenoxy) is 6. The summed E-state index contributed by atoms with van der Waals surface area (Å²) in [7, 11) is 4.61. The topological polar surface area (TPSA) is 205 Å². The van der Waals surface area contributed by atoms with E-state index >= 15 is 0 Å². The van der Waals surface area contributed by atoms with Gasteiger partial charge in [-0.3, -0.25) is 19.2 Å². The Labute approximate surface area is 411 Å². The molecule has 15 nitrogen and oxygen atoms in total. The maximum atomic E-state index is 14.5. The SMILES string of the molecule is CO[C@H]1C[C@@H]2CC[C@@H](C)[C@@](O)(O2)C(=O)C(=O)N2CCCC[C@H]2C(=O)O[C@H]([C@H](C)C[C@@H]2CC[C@@H](OCCCO)[C@H](OC)C2)CC(=O)[C@H](C)/C=C(\C)[C@@H](O)[C@@H](OC)C(=O)[C@H](C)CC(C)/C=C/C=C/C=C/1C. The molecule has 3 N–H and O–H groups in total. The molecule has 1 saturated carbocycles. The maximum Gasteiger partial charge on any atom is 0.329 e. The molecule has 1 unspecified atom stereocenters. The van der Waals surface area contributed by atoms with E-state index < -0.39 is 77.8 Å². The van der Waals surface area contributed by atoms with Crippen molar-refractivity contribution in [2.24, 2.45) is 35.5 Å². The second-order valence-corrected chi connectivity index (χ2v) is 20.5. The van der Waals surface area contributed by atoms with Crippen LogP contribution >= 0.6 is 0 Å². The Bertz CT molecular complexity index is 1830. The number of nitrogens with zero attached hydrogens (tertiary/aromatic N) is 1. The van der Waals surface area contributed by atoms with Crippen molar-refractivity contribution in [3.8, 4) is 0 Å². The molecule has 2 bridgehead atoms. The van der Waals surface area contributed by atoms with E-state index in [9.17, 15) is 39.3 Å². The van der Waals surface area contributed by atoms with Gasteiger partial charge in [-0.25, -0.2) is 4.79 Å². The molecule has 0 aromatic heterocycles. The van der Waals surface area contributed by atoms with Gasteiger partial charge >= 0.3 is 5.97 Å². The number of hydrogen-bond acceptors (Lipinski definition) is 14. The molecule has 3 aliphatic heterocycles. The maximum absolute atomic E-state index is 14.5. The number of ketones is 3. The molecular formula is C54H85NO14. The number of aliphatic hydroxyl groups is 3. The average Bonchev–Trinajstić information content (AvgIpc) is 3.33. The van der Waals surface area contributed by atoms with E-state index in [-0.39, 0.29) is 67.5 Å². The van der Waals surface area contributed by atoms with Crippen LogP contribution in [0.2, 0.25) is 0 Å². The standard InChI is InChI=1S/C54H85NO14/c1-33-17-12-11-13-18-34(2)45(64-8)31-41-22-20-39(7)54(63,69-41)51(60)52(61)55-24-15-14-19-42(55)53(62)68-46(36(4)29-40-21-23-44(47(30-40)65-9)67-26-16-25-56)32-43(57)35(3)28-38(6)49(59)50(66-10)48(58)37(5)27-33/h11-13,17-18,28,33,35-37,39-42,44-47,49-50,56,59,63H,14-16,19-27,29-32H2,1-10H3/b13-11+,17-12+,34-18+,38-28+/t33?,35-,36-,37-,39-,40+,41+,42+,44-,45+,46+,47-,49-,50+,54-/m1/s1. The number of esters is 1. The Morgan fingerprint density at radius 3 is 2.28 bits per heavy atom. The predicted molar refractivity (Wildman–Crippen MR) is 261 cm³/mol. The zero-order chi connectivity index (χ0) is 51.0. The summed E-state index contributed by atoms with van der Waals surface area (Å²) in [6.07, 6.45) is 12.7. The van der Waals surface area contributed by atoms with Gasteiger partial charge < -0.3 is 48.6 Å². The number of piperidine rings is 1. The number of hydrogen-bond donors (Lipinski definition) is 3. The molecule has 390 valence electrons. The third-order valence-corrected chi connectivity index (χ3v) is 15.1. The number of Topliss-reactive ketones (excluding diaryl/α,β-unsaturated/α-hetero) is 3. The molecule has 0 aromatic rings. The number of carbonyl (C=O) groups excluding carboxylic acids is 5. The van der Waals surface area contributed by atoms with Crippen molar-refractivity contribution in [3.05, 3.63) is 47.6 Å². The number of amides is 1. The number of aliphatic hydroxyl groups excluding tert-OH is 2. The van der Waals surface area contributed by atoms with Gasteiger partial charge in [-0.1, -0.05) is 71.1 Å². The summed E-state index contributed by atoms with van der Waals surface area (Å²) in [5, 5.41) is 32.7. The van der Waals surface area contributed by atoms with Crippen LogP contribution < -0.4 is 0 Å². The fourth-order valence-corrected chi connectivity index (χ4v) is 10.6. The first-order valence-electron chi connectivity index (χ1n) is 25.5. The summed E-state index contributed by atoms with van der Waals surface area (Å²) < 4.78 is 35.8. The monoisotopic (exact) mass is 972 g/mol. The van der Waals surface area contributed by atoms with E-state index in [1.807, 2.05) is 58.1 Å². The Kier molecular flexibility index (Phi) is 23.6. The summed E-state index contributed by atoms with van der Waals surface area (Å²) in [6.45, 7) is 13.3. The van der Waals surface area contributed by atoms with Crippen LogP contribution in [0.15, 0.2) is 47.6 Å². The third kappa shape index (κ3) is 16.0. The normalized spacial score (nSPS) is 38.8. The number of fused-ring (bicyclic) bond motifs is 3. The Balaban J connectivity index is 1.69. The van der Waals surface area contributed by atoms with Crippen molar-refractivity contribution in [2.45, 2.75) is 186 Å². The largest absolute Gasteiger partial charge is 0.460 e. The van der Waals surface area contributed by atoms with Crippen LogP contribution in [0.5, 0.6) is 0 Å². The number of methoxy groups -OCH3 is 3. The third-order valence-electron chi connectivity index (χ3n) is 15.1. The van der Waals surface area contributed by atoms with E-state index in [2.05, 4.69) is 0 Å². The van der Waals surface area contributed by atoms with Crippen LogP contribution in [0.1, 0.15) is 132 Å². The minimum Gasteiger partial charge on any atom is -0.460 e. The van der Waals surface area contributed by atoms with Gasteiger partial charge in [0.05, 0.1) is 24.4 Å². The molecular weight excluding hydrogens is 887 g/mol. The summed E-state index contributed by atoms with van der Waals surface area (Å²) >= 11 is 0. The second kappa shape index (κ2) is 28.0. The van der Waals surface area contributed by atoms with Gasteiger partial charge in [0.1, 0.15) is 30.1 Å². The van der Waals surface area contributed by atoms with E-state index in [0.717, 1.165) is 18.4 Å². The van der Waals surface area contributed by atoms with Crippen LogP contribution in [0, 0.1) is 35.5 Å². The Morgan fingerprint density at radius 1 is 0.855 bits per heavy atom. The van der Waals surface area contributed by atoms with E-state index in [1.165, 1.54) is 12.0 Å². The molecule has 0 radical (unpaired) electrons. The lowest BCUT2D eigenvalue weighted by molar-refractivity contribution is -0.265. The van der Waals surface area contributed by atoms with Gasteiger partial charge in [-0.15, -0.1) is 0 Å².